The highest BCUT2D eigenvalue weighted by Gasteiger charge is 2.22. The lowest BCUT2D eigenvalue weighted by molar-refractivity contribution is 0.673. The van der Waals surface area contributed by atoms with Crippen molar-refractivity contribution in [1.29, 1.82) is 0 Å². The maximum Gasteiger partial charge on any atom is 0.143 e. The summed E-state index contributed by atoms with van der Waals surface area (Å²) in [6.45, 7) is 0. The zero-order valence-corrected chi connectivity index (χ0v) is 41.5. The minimum Gasteiger partial charge on any atom is -0.455 e. The van der Waals surface area contributed by atoms with Crippen LogP contribution in [0.2, 0.25) is 0 Å². The summed E-state index contributed by atoms with van der Waals surface area (Å²) < 4.78 is 77.5. The van der Waals surface area contributed by atoms with Crippen LogP contribution in [0.4, 0.5) is 0 Å². The monoisotopic (exact) mass is 984 g/mol. The largest absolute Gasteiger partial charge is 0.455 e. The van der Waals surface area contributed by atoms with E-state index >= 15 is 0 Å². The van der Waals surface area contributed by atoms with Gasteiger partial charge in [-0.3, -0.25) is 0 Å². The Morgan fingerprint density at radius 1 is 0.247 bits per heavy atom. The highest BCUT2D eigenvalue weighted by molar-refractivity contribution is 6.28. The van der Waals surface area contributed by atoms with Gasteiger partial charge in [0.1, 0.15) is 11.2 Å². The molecular formula is C76H48O. The summed E-state index contributed by atoms with van der Waals surface area (Å²) in [6, 6.07) is 80.7. The molecular weight excluding hydrogens is 929 g/mol. The van der Waals surface area contributed by atoms with Gasteiger partial charge in [0, 0.05) is 16.2 Å². The average molecular weight is 985 g/mol. The first-order chi connectivity index (χ1) is 41.5. The minimum atomic E-state index is -0.404. The molecule has 0 spiro atoms. The molecule has 0 N–H and O–H groups in total. The van der Waals surface area contributed by atoms with Crippen LogP contribution in [0.5, 0.6) is 0 Å². The minimum absolute atomic E-state index is 0.219. The van der Waals surface area contributed by atoms with Crippen molar-refractivity contribution in [1.82, 2.24) is 0 Å². The van der Waals surface area contributed by atoms with Gasteiger partial charge in [0.2, 0.25) is 0 Å². The second-order valence-electron chi connectivity index (χ2n) is 19.6. The van der Waals surface area contributed by atoms with Crippen molar-refractivity contribution < 1.29 is 15.4 Å². The van der Waals surface area contributed by atoms with Crippen molar-refractivity contribution in [2.75, 3.05) is 0 Å². The van der Waals surface area contributed by atoms with Crippen LogP contribution in [0.15, 0.2) is 295 Å². The summed E-state index contributed by atoms with van der Waals surface area (Å²) in [5.74, 6) is 0. The number of hydrogen-bond acceptors (Lipinski definition) is 1. The van der Waals surface area contributed by atoms with Gasteiger partial charge in [0.15, 0.2) is 0 Å². The summed E-state index contributed by atoms with van der Waals surface area (Å²) in [4.78, 5) is 0. The third-order valence-corrected chi connectivity index (χ3v) is 15.3. The second kappa shape index (κ2) is 18.4. The van der Waals surface area contributed by atoms with Gasteiger partial charge in [0.05, 0.1) is 11.0 Å². The molecule has 0 fully saturated rings. The Kier molecular flexibility index (Phi) is 8.78. The number of fused-ring (bicyclic) bond motifs is 11. The van der Waals surface area contributed by atoms with Crippen LogP contribution in [0.25, 0.3) is 153 Å². The predicted molar refractivity (Wildman–Crippen MR) is 330 cm³/mol. The van der Waals surface area contributed by atoms with Gasteiger partial charge in [-0.25, -0.2) is 0 Å². The van der Waals surface area contributed by atoms with Gasteiger partial charge in [0.25, 0.3) is 0 Å². The summed E-state index contributed by atoms with van der Waals surface area (Å²) in [5, 5.41) is 14.1. The lowest BCUT2D eigenvalue weighted by Crippen LogP contribution is -1.91. The lowest BCUT2D eigenvalue weighted by atomic mass is 9.84. The van der Waals surface area contributed by atoms with E-state index in [0.717, 1.165) is 48.9 Å². The number of rotatable bonds is 5. The molecule has 77 heavy (non-hydrogen) atoms. The molecule has 0 aliphatic heterocycles. The molecule has 1 heterocycles. The molecule has 0 bridgehead atoms. The normalized spacial score (nSPS) is 13.1. The topological polar surface area (TPSA) is 13.1 Å². The van der Waals surface area contributed by atoms with E-state index in [0.29, 0.717) is 22.3 Å². The van der Waals surface area contributed by atoms with Crippen molar-refractivity contribution in [2.45, 2.75) is 0 Å². The van der Waals surface area contributed by atoms with Crippen LogP contribution in [-0.2, 0) is 0 Å². The summed E-state index contributed by atoms with van der Waals surface area (Å²) in [5.41, 5.74) is 11.2. The molecule has 358 valence electrons. The molecule has 0 unspecified atom stereocenters. The fraction of sp³-hybridized carbons (Fsp3) is 0. The summed E-state index contributed by atoms with van der Waals surface area (Å²) in [7, 11) is 0. The fourth-order valence-electron chi connectivity index (χ4n) is 11.9. The van der Waals surface area contributed by atoms with E-state index in [9.17, 15) is 0 Å². The van der Waals surface area contributed by atoms with E-state index in [1.807, 2.05) is 84.9 Å². The number of hydrogen-bond donors (Lipinski definition) is 0. The molecule has 16 rings (SSSR count). The van der Waals surface area contributed by atoms with Crippen LogP contribution >= 0.6 is 0 Å². The molecule has 0 aliphatic rings. The first kappa shape index (κ1) is 36.8. The standard InChI is InChI=1S/C42H26O.C34H22/c1-2-12-27(13-3-1)29-15-10-16-30(26-29)39-32-18-6-8-20-34(32)40(35-21-9-7-19-33(35)39)36-22-11-23-38-41(36)37-25-24-28-14-4-5-17-31(28)42(37)43-38;1-2-12-25-22-26(21-20-23(25)10-1)33-29-15-5-7-17-31(29)34(32-18-8-6-16-30(32)33)28-19-9-13-24-11-3-4-14-27(24)28/h1-26H;1-22H/i;5D,6D,7D,8D,15D,16D,17D,18D. The van der Waals surface area contributed by atoms with E-state index in [1.54, 1.807) is 0 Å². The maximum absolute atomic E-state index is 9.13. The van der Waals surface area contributed by atoms with Crippen molar-refractivity contribution in [2.24, 2.45) is 0 Å². The molecule has 0 radical (unpaired) electrons. The molecule has 0 aliphatic carbocycles. The van der Waals surface area contributed by atoms with Crippen molar-refractivity contribution in [3.8, 4) is 55.6 Å². The molecule has 15 aromatic carbocycles. The first-order valence-corrected chi connectivity index (χ1v) is 25.9. The third-order valence-electron chi connectivity index (χ3n) is 15.3. The zero-order chi connectivity index (χ0) is 57.8. The Morgan fingerprint density at radius 3 is 1.38 bits per heavy atom. The molecule has 0 saturated heterocycles. The Bertz CT molecular complexity index is 5330. The van der Waals surface area contributed by atoms with Gasteiger partial charge in [-0.1, -0.05) is 267 Å². The van der Waals surface area contributed by atoms with Crippen molar-refractivity contribution in [3.63, 3.8) is 0 Å². The van der Waals surface area contributed by atoms with Crippen LogP contribution in [0.3, 0.4) is 0 Å². The molecule has 16 aromatic rings. The van der Waals surface area contributed by atoms with Crippen molar-refractivity contribution in [3.05, 3.63) is 291 Å². The molecule has 1 heteroatoms. The van der Waals surface area contributed by atoms with Crippen LogP contribution < -0.4 is 0 Å². The summed E-state index contributed by atoms with van der Waals surface area (Å²) in [6.07, 6.45) is 0. The molecule has 0 amide bonds. The van der Waals surface area contributed by atoms with E-state index in [2.05, 4.69) is 158 Å². The SMILES string of the molecule is [2H]c1c([2H])c([2H])c2c(-c3cccc4ccccc34)c3c([2H])c([2H])c([2H])c([2H])c3c(-c3ccc4ccccc4c3)c2c1[2H].c1ccc(-c2cccc(-c3c4ccccc4c(-c4cccc5oc6c7ccccc7ccc6c45)c4ccccc34)c2)cc1. The van der Waals surface area contributed by atoms with Gasteiger partial charge in [-0.15, -0.1) is 0 Å². The van der Waals surface area contributed by atoms with E-state index in [4.69, 9.17) is 15.4 Å². The smallest absolute Gasteiger partial charge is 0.143 e. The van der Waals surface area contributed by atoms with Gasteiger partial charge >= 0.3 is 0 Å². The fourth-order valence-corrected chi connectivity index (χ4v) is 11.9. The highest BCUT2D eigenvalue weighted by atomic mass is 16.3. The average Bonchev–Trinajstić information content (AvgIpc) is 1.39. The first-order valence-electron chi connectivity index (χ1n) is 29.9. The molecule has 1 aromatic heterocycles. The predicted octanol–water partition coefficient (Wildman–Crippen LogP) is 21.7. The number of benzene rings is 15. The molecule has 0 saturated carbocycles. The quantitative estimate of drug-likeness (QED) is 0.157. The van der Waals surface area contributed by atoms with Crippen molar-refractivity contribution >= 4 is 97.3 Å². The Morgan fingerprint density at radius 2 is 0.688 bits per heavy atom. The highest BCUT2D eigenvalue weighted by Crippen LogP contribution is 2.49. The Balaban J connectivity index is 0.000000144. The second-order valence-corrected chi connectivity index (χ2v) is 19.6. The molecule has 1 nitrogen and oxygen atoms in total. The maximum atomic E-state index is 9.13. The van der Waals surface area contributed by atoms with Crippen LogP contribution in [0.1, 0.15) is 11.0 Å². The van der Waals surface area contributed by atoms with E-state index in [1.165, 1.54) is 60.3 Å². The van der Waals surface area contributed by atoms with Gasteiger partial charge in [-0.05, 0) is 150 Å². The Hall–Kier alpha value is -10.1. The molecule has 0 atom stereocenters. The van der Waals surface area contributed by atoms with Crippen LogP contribution in [-0.4, -0.2) is 0 Å². The van der Waals surface area contributed by atoms with Gasteiger partial charge in [-0.2, -0.15) is 0 Å². The lowest BCUT2D eigenvalue weighted by Gasteiger charge is -2.19. The van der Waals surface area contributed by atoms with E-state index < -0.39 is 24.2 Å². The van der Waals surface area contributed by atoms with E-state index in [-0.39, 0.29) is 45.7 Å². The van der Waals surface area contributed by atoms with Gasteiger partial charge < -0.3 is 4.42 Å². The summed E-state index contributed by atoms with van der Waals surface area (Å²) >= 11 is 0. The third kappa shape index (κ3) is 7.39. The van der Waals surface area contributed by atoms with Crippen LogP contribution in [0, 0.1) is 0 Å². The zero-order valence-electron chi connectivity index (χ0n) is 49.5. The number of furan rings is 1. The Labute approximate surface area is 457 Å².